The fraction of sp³-hybridized carbons (Fsp3) is 0.500. The van der Waals surface area contributed by atoms with E-state index in [1.807, 2.05) is 0 Å². The van der Waals surface area contributed by atoms with Crippen molar-refractivity contribution >= 4 is 11.7 Å². The number of unbranched alkanes of at least 4 members (excludes halogenated alkanes) is 4. The third-order valence-electron chi connectivity index (χ3n) is 2.86. The van der Waals surface area contributed by atoms with E-state index in [2.05, 4.69) is 6.92 Å². The average Bonchev–Trinajstić information content (AvgIpc) is 2.42. The number of nitro benzene ring substituents is 1. The van der Waals surface area contributed by atoms with E-state index < -0.39 is 22.3 Å². The van der Waals surface area contributed by atoms with Crippen LogP contribution in [0.3, 0.4) is 0 Å². The zero-order chi connectivity index (χ0) is 15.0. The Labute approximate surface area is 116 Å². The highest BCUT2D eigenvalue weighted by atomic mass is 19.1. The van der Waals surface area contributed by atoms with Gasteiger partial charge < -0.3 is 4.74 Å². The summed E-state index contributed by atoms with van der Waals surface area (Å²) in [7, 11) is 0. The zero-order valence-electron chi connectivity index (χ0n) is 11.4. The van der Waals surface area contributed by atoms with Crippen LogP contribution in [0.15, 0.2) is 18.2 Å². The summed E-state index contributed by atoms with van der Waals surface area (Å²) in [6.45, 7) is 2.30. The highest BCUT2D eigenvalue weighted by Gasteiger charge is 2.17. The van der Waals surface area contributed by atoms with E-state index in [1.54, 1.807) is 0 Å². The van der Waals surface area contributed by atoms with Gasteiger partial charge in [-0.2, -0.15) is 0 Å². The van der Waals surface area contributed by atoms with Crippen molar-refractivity contribution in [2.45, 2.75) is 39.0 Å². The summed E-state index contributed by atoms with van der Waals surface area (Å²) < 4.78 is 18.4. The molecule has 0 fully saturated rings. The Kier molecular flexibility index (Phi) is 6.63. The average molecular weight is 283 g/mol. The maximum atomic E-state index is 13.4. The molecule has 110 valence electrons. The summed E-state index contributed by atoms with van der Waals surface area (Å²) in [6, 6.07) is 2.81. The maximum Gasteiger partial charge on any atom is 0.341 e. The van der Waals surface area contributed by atoms with Crippen molar-refractivity contribution in [2.24, 2.45) is 0 Å². The summed E-state index contributed by atoms with van der Waals surface area (Å²) in [6.07, 6.45) is 4.98. The van der Waals surface area contributed by atoms with Crippen LogP contribution in [-0.2, 0) is 4.74 Å². The third-order valence-corrected chi connectivity index (χ3v) is 2.86. The minimum absolute atomic E-state index is 0.199. The van der Waals surface area contributed by atoms with Crippen molar-refractivity contribution in [1.82, 2.24) is 0 Å². The second-order valence-corrected chi connectivity index (χ2v) is 4.47. The molecule has 1 aromatic rings. The molecule has 20 heavy (non-hydrogen) atoms. The molecular formula is C14H18FNO4. The predicted molar refractivity (Wildman–Crippen MR) is 72.1 cm³/mol. The smallest absolute Gasteiger partial charge is 0.341 e. The van der Waals surface area contributed by atoms with E-state index >= 15 is 0 Å². The molecular weight excluding hydrogens is 265 g/mol. The highest BCUT2D eigenvalue weighted by Crippen LogP contribution is 2.17. The quantitative estimate of drug-likeness (QED) is 0.314. The van der Waals surface area contributed by atoms with Crippen molar-refractivity contribution < 1.29 is 18.8 Å². The van der Waals surface area contributed by atoms with Gasteiger partial charge in [0.15, 0.2) is 0 Å². The largest absolute Gasteiger partial charge is 0.462 e. The first-order valence-electron chi connectivity index (χ1n) is 6.67. The first-order chi connectivity index (χ1) is 9.56. The van der Waals surface area contributed by atoms with Gasteiger partial charge in [0.1, 0.15) is 11.4 Å². The first kappa shape index (κ1) is 16.1. The number of non-ortho nitro benzene ring substituents is 1. The van der Waals surface area contributed by atoms with Gasteiger partial charge in [-0.25, -0.2) is 9.18 Å². The van der Waals surface area contributed by atoms with Crippen molar-refractivity contribution in [2.75, 3.05) is 6.61 Å². The molecule has 1 rings (SSSR count). The molecule has 1 aromatic carbocycles. The molecule has 6 heteroatoms. The van der Waals surface area contributed by atoms with Crippen LogP contribution in [0.1, 0.15) is 49.4 Å². The Morgan fingerprint density at radius 1 is 1.30 bits per heavy atom. The second kappa shape index (κ2) is 8.24. The maximum absolute atomic E-state index is 13.4. The lowest BCUT2D eigenvalue weighted by Crippen LogP contribution is -2.09. The van der Waals surface area contributed by atoms with Gasteiger partial charge >= 0.3 is 5.97 Å². The van der Waals surface area contributed by atoms with E-state index in [-0.39, 0.29) is 12.3 Å². The van der Waals surface area contributed by atoms with Crippen LogP contribution in [-0.4, -0.2) is 17.5 Å². The number of halogens is 1. The van der Waals surface area contributed by atoms with Crippen molar-refractivity contribution in [3.8, 4) is 0 Å². The molecule has 0 aliphatic carbocycles. The molecule has 0 spiro atoms. The molecule has 0 atom stereocenters. The molecule has 0 radical (unpaired) electrons. The van der Waals surface area contributed by atoms with Gasteiger partial charge in [-0.15, -0.1) is 0 Å². The molecule has 0 aromatic heterocycles. The molecule has 5 nitrogen and oxygen atoms in total. The van der Waals surface area contributed by atoms with Crippen LogP contribution >= 0.6 is 0 Å². The zero-order valence-corrected chi connectivity index (χ0v) is 11.4. The Morgan fingerprint density at radius 2 is 2.00 bits per heavy atom. The molecule has 0 bridgehead atoms. The van der Waals surface area contributed by atoms with Gasteiger partial charge in [-0.1, -0.05) is 32.6 Å². The number of esters is 1. The lowest BCUT2D eigenvalue weighted by Gasteiger charge is -2.05. The van der Waals surface area contributed by atoms with Crippen LogP contribution in [0, 0.1) is 15.9 Å². The minimum Gasteiger partial charge on any atom is -0.462 e. The topological polar surface area (TPSA) is 69.4 Å². The second-order valence-electron chi connectivity index (χ2n) is 4.47. The molecule has 0 unspecified atom stereocenters. The third kappa shape index (κ3) is 4.95. The SMILES string of the molecule is CCCCCCCOC(=O)c1cc([N+](=O)[O-])ccc1F. The Hall–Kier alpha value is -1.98. The first-order valence-corrected chi connectivity index (χ1v) is 6.67. The highest BCUT2D eigenvalue weighted by molar-refractivity contribution is 5.90. The number of rotatable bonds is 8. The number of carbonyl (C=O) groups is 1. The van der Waals surface area contributed by atoms with Crippen molar-refractivity contribution in [3.63, 3.8) is 0 Å². The molecule has 0 aliphatic heterocycles. The number of benzene rings is 1. The fourth-order valence-electron chi connectivity index (χ4n) is 1.73. The van der Waals surface area contributed by atoms with Gasteiger partial charge in [-0.3, -0.25) is 10.1 Å². The fourth-order valence-corrected chi connectivity index (χ4v) is 1.73. The van der Waals surface area contributed by atoms with E-state index in [0.717, 1.165) is 43.9 Å². The van der Waals surface area contributed by atoms with Gasteiger partial charge in [-0.05, 0) is 12.5 Å². The van der Waals surface area contributed by atoms with Crippen molar-refractivity contribution in [1.29, 1.82) is 0 Å². The van der Waals surface area contributed by atoms with E-state index in [1.165, 1.54) is 0 Å². The van der Waals surface area contributed by atoms with Crippen molar-refractivity contribution in [3.05, 3.63) is 39.7 Å². The summed E-state index contributed by atoms with van der Waals surface area (Å²) in [5.41, 5.74) is -0.728. The predicted octanol–water partition coefficient (Wildman–Crippen LogP) is 3.86. The standard InChI is InChI=1S/C14H18FNO4/c1-2-3-4-5-6-9-20-14(17)12-10-11(16(18)19)7-8-13(12)15/h7-8,10H,2-6,9H2,1H3. The van der Waals surface area contributed by atoms with E-state index in [4.69, 9.17) is 4.74 Å². The number of carbonyl (C=O) groups excluding carboxylic acids is 1. The van der Waals surface area contributed by atoms with Crippen LogP contribution in [0.4, 0.5) is 10.1 Å². The summed E-state index contributed by atoms with van der Waals surface area (Å²) >= 11 is 0. The van der Waals surface area contributed by atoms with E-state index in [9.17, 15) is 19.3 Å². The molecule has 0 N–H and O–H groups in total. The number of ether oxygens (including phenoxy) is 1. The monoisotopic (exact) mass is 283 g/mol. The Morgan fingerprint density at radius 3 is 2.65 bits per heavy atom. The van der Waals surface area contributed by atoms with Crippen LogP contribution in [0.25, 0.3) is 0 Å². The summed E-state index contributed by atoms with van der Waals surface area (Å²) in [5, 5.41) is 10.6. The Balaban J connectivity index is 2.50. The van der Waals surface area contributed by atoms with Gasteiger partial charge in [0.25, 0.3) is 5.69 Å². The number of hydrogen-bond acceptors (Lipinski definition) is 4. The lowest BCUT2D eigenvalue weighted by atomic mass is 10.1. The molecule has 0 saturated heterocycles. The van der Waals surface area contributed by atoms with Crippen LogP contribution in [0.2, 0.25) is 0 Å². The van der Waals surface area contributed by atoms with Crippen LogP contribution in [0.5, 0.6) is 0 Å². The number of hydrogen-bond donors (Lipinski definition) is 0. The molecule has 0 aliphatic rings. The molecule has 0 heterocycles. The van der Waals surface area contributed by atoms with Gasteiger partial charge in [0, 0.05) is 12.1 Å². The number of nitro groups is 1. The summed E-state index contributed by atoms with van der Waals surface area (Å²) in [4.78, 5) is 21.5. The molecule has 0 saturated carbocycles. The molecule has 0 amide bonds. The minimum atomic E-state index is -0.860. The normalized spacial score (nSPS) is 10.3. The number of nitrogens with zero attached hydrogens (tertiary/aromatic N) is 1. The van der Waals surface area contributed by atoms with Crippen LogP contribution < -0.4 is 0 Å². The van der Waals surface area contributed by atoms with E-state index in [0.29, 0.717) is 6.42 Å². The van der Waals surface area contributed by atoms with Gasteiger partial charge in [0.2, 0.25) is 0 Å². The van der Waals surface area contributed by atoms with Gasteiger partial charge in [0.05, 0.1) is 11.5 Å². The Bertz CT molecular complexity index is 476. The summed E-state index contributed by atoms with van der Waals surface area (Å²) in [5.74, 6) is -1.67. The lowest BCUT2D eigenvalue weighted by molar-refractivity contribution is -0.384.